The summed E-state index contributed by atoms with van der Waals surface area (Å²) in [6, 6.07) is 5.00. The summed E-state index contributed by atoms with van der Waals surface area (Å²) in [5, 5.41) is 4.05. The number of carbonyl (C=O) groups excluding carboxylic acids is 1. The second-order valence-electron chi connectivity index (χ2n) is 6.05. The zero-order chi connectivity index (χ0) is 18.7. The average Bonchev–Trinajstić information content (AvgIpc) is 3.01. The van der Waals surface area contributed by atoms with Crippen molar-refractivity contribution in [3.05, 3.63) is 53.3 Å². The molecule has 0 atom stereocenters. The van der Waals surface area contributed by atoms with E-state index in [0.29, 0.717) is 34.3 Å². The zero-order valence-corrected chi connectivity index (χ0v) is 14.8. The minimum Gasteiger partial charge on any atom is -0.473 e. The third-order valence-electron chi connectivity index (χ3n) is 3.89. The number of amides is 1. The smallest absolute Gasteiger partial charge is 0.250 e. The number of rotatable bonds is 6. The van der Waals surface area contributed by atoms with Crippen LogP contribution in [0.3, 0.4) is 0 Å². The third-order valence-corrected chi connectivity index (χ3v) is 3.89. The maximum absolute atomic E-state index is 11.5. The van der Waals surface area contributed by atoms with Gasteiger partial charge in [-0.3, -0.25) is 4.79 Å². The Balaban J connectivity index is 1.85. The molecule has 2 N–H and O–H groups in total. The van der Waals surface area contributed by atoms with Crippen molar-refractivity contribution in [1.29, 1.82) is 0 Å². The van der Waals surface area contributed by atoms with Gasteiger partial charge in [0.15, 0.2) is 0 Å². The van der Waals surface area contributed by atoms with E-state index in [0.717, 1.165) is 5.56 Å². The van der Waals surface area contributed by atoms with Crippen molar-refractivity contribution in [2.75, 3.05) is 0 Å². The Morgan fingerprint density at radius 1 is 1.31 bits per heavy atom. The number of nitrogens with two attached hydrogens (primary N) is 1. The van der Waals surface area contributed by atoms with Crippen LogP contribution in [0.15, 0.2) is 35.2 Å². The van der Waals surface area contributed by atoms with E-state index in [1.165, 1.54) is 6.33 Å². The van der Waals surface area contributed by atoms with Gasteiger partial charge in [0.1, 0.15) is 24.4 Å². The molecule has 3 heterocycles. The Morgan fingerprint density at radius 3 is 2.77 bits per heavy atom. The summed E-state index contributed by atoms with van der Waals surface area (Å²) < 4.78 is 11.1. The van der Waals surface area contributed by atoms with Crippen LogP contribution in [-0.4, -0.2) is 26.0 Å². The number of nitrogens with zero attached hydrogens (tertiary/aromatic N) is 4. The third kappa shape index (κ3) is 3.53. The van der Waals surface area contributed by atoms with Crippen LogP contribution in [0.2, 0.25) is 0 Å². The van der Waals surface area contributed by atoms with Crippen LogP contribution in [-0.2, 0) is 6.61 Å². The van der Waals surface area contributed by atoms with Crippen LogP contribution >= 0.6 is 0 Å². The molecule has 26 heavy (non-hydrogen) atoms. The van der Waals surface area contributed by atoms with Crippen LogP contribution in [0.5, 0.6) is 5.88 Å². The fraction of sp³-hybridized carbons (Fsp3) is 0.278. The predicted octanol–water partition coefficient (Wildman–Crippen LogP) is 2.64. The molecule has 0 aliphatic rings. The van der Waals surface area contributed by atoms with Crippen LogP contribution < -0.4 is 10.5 Å². The van der Waals surface area contributed by atoms with Crippen LogP contribution in [0, 0.1) is 6.92 Å². The Labute approximate surface area is 150 Å². The number of aromatic nitrogens is 4. The highest BCUT2D eigenvalue weighted by Gasteiger charge is 2.18. The number of aryl methyl sites for hydroxylation is 1. The van der Waals surface area contributed by atoms with Crippen molar-refractivity contribution in [3.63, 3.8) is 0 Å². The van der Waals surface area contributed by atoms with Gasteiger partial charge in [0.25, 0.3) is 5.91 Å². The Kier molecular flexibility index (Phi) is 4.92. The molecule has 0 aromatic carbocycles. The van der Waals surface area contributed by atoms with Gasteiger partial charge >= 0.3 is 0 Å². The molecule has 8 heteroatoms. The van der Waals surface area contributed by atoms with Gasteiger partial charge in [0.05, 0.1) is 22.5 Å². The first-order valence-corrected chi connectivity index (χ1v) is 8.12. The summed E-state index contributed by atoms with van der Waals surface area (Å²) >= 11 is 0. The van der Waals surface area contributed by atoms with E-state index in [1.807, 2.05) is 13.8 Å². The predicted molar refractivity (Wildman–Crippen MR) is 93.4 cm³/mol. The number of primary amides is 1. The van der Waals surface area contributed by atoms with E-state index in [2.05, 4.69) is 20.1 Å². The van der Waals surface area contributed by atoms with Gasteiger partial charge < -0.3 is 15.0 Å². The molecule has 8 nitrogen and oxygen atoms in total. The molecule has 0 spiro atoms. The molecule has 0 aliphatic carbocycles. The normalized spacial score (nSPS) is 10.9. The van der Waals surface area contributed by atoms with Crippen LogP contribution in [0.4, 0.5) is 0 Å². The lowest BCUT2D eigenvalue weighted by molar-refractivity contribution is 0.0998. The highest BCUT2D eigenvalue weighted by molar-refractivity contribution is 5.94. The van der Waals surface area contributed by atoms with E-state index in [1.54, 1.807) is 31.3 Å². The van der Waals surface area contributed by atoms with Crippen LogP contribution in [0.25, 0.3) is 11.4 Å². The molecule has 0 radical (unpaired) electrons. The standard InChI is InChI=1S/C18H19N5O3/c1-10(2)16-12(18(19)24)4-5-15(22-16)25-8-13-11(3)26-23-17(13)14-6-7-20-9-21-14/h4-7,9-10H,8H2,1-3H3,(H2,19,24). The molecule has 0 saturated carbocycles. The fourth-order valence-corrected chi connectivity index (χ4v) is 2.52. The lowest BCUT2D eigenvalue weighted by Crippen LogP contribution is -2.16. The minimum absolute atomic E-state index is 0.0370. The van der Waals surface area contributed by atoms with Gasteiger partial charge in [-0.15, -0.1) is 0 Å². The average molecular weight is 353 g/mol. The van der Waals surface area contributed by atoms with E-state index >= 15 is 0 Å². The highest BCUT2D eigenvalue weighted by atomic mass is 16.5. The number of ether oxygens (including phenoxy) is 1. The first kappa shape index (κ1) is 17.5. The van der Waals surface area contributed by atoms with Crippen molar-refractivity contribution < 1.29 is 14.1 Å². The van der Waals surface area contributed by atoms with E-state index in [-0.39, 0.29) is 12.5 Å². The topological polar surface area (TPSA) is 117 Å². The summed E-state index contributed by atoms with van der Waals surface area (Å²) in [4.78, 5) is 24.1. The molecular formula is C18H19N5O3. The van der Waals surface area contributed by atoms with Crippen molar-refractivity contribution in [3.8, 4) is 17.3 Å². The van der Waals surface area contributed by atoms with Gasteiger partial charge in [-0.1, -0.05) is 19.0 Å². The van der Waals surface area contributed by atoms with Crippen molar-refractivity contribution in [2.45, 2.75) is 33.3 Å². The van der Waals surface area contributed by atoms with Crippen molar-refractivity contribution in [1.82, 2.24) is 20.1 Å². The molecule has 134 valence electrons. The molecule has 0 unspecified atom stereocenters. The Hall–Kier alpha value is -3.29. The summed E-state index contributed by atoms with van der Waals surface area (Å²) in [7, 11) is 0. The maximum Gasteiger partial charge on any atom is 0.250 e. The van der Waals surface area contributed by atoms with Crippen molar-refractivity contribution >= 4 is 5.91 Å². The fourth-order valence-electron chi connectivity index (χ4n) is 2.52. The molecule has 3 aromatic rings. The van der Waals surface area contributed by atoms with Gasteiger partial charge in [-0.2, -0.15) is 0 Å². The quantitative estimate of drug-likeness (QED) is 0.724. The molecule has 0 fully saturated rings. The second kappa shape index (κ2) is 7.30. The summed E-state index contributed by atoms with van der Waals surface area (Å²) in [5.74, 6) is 0.563. The number of pyridine rings is 1. The molecule has 0 aliphatic heterocycles. The summed E-state index contributed by atoms with van der Waals surface area (Å²) in [6.07, 6.45) is 3.08. The largest absolute Gasteiger partial charge is 0.473 e. The maximum atomic E-state index is 11.5. The second-order valence-corrected chi connectivity index (χ2v) is 6.05. The monoisotopic (exact) mass is 353 g/mol. The minimum atomic E-state index is -0.506. The van der Waals surface area contributed by atoms with E-state index < -0.39 is 5.91 Å². The zero-order valence-electron chi connectivity index (χ0n) is 14.8. The Morgan fingerprint density at radius 2 is 2.12 bits per heavy atom. The molecule has 3 aromatic heterocycles. The molecule has 0 bridgehead atoms. The van der Waals surface area contributed by atoms with Gasteiger partial charge in [-0.05, 0) is 25.0 Å². The summed E-state index contributed by atoms with van der Waals surface area (Å²) in [5.41, 5.74) is 8.43. The molecular weight excluding hydrogens is 334 g/mol. The number of carbonyl (C=O) groups is 1. The molecule has 1 amide bonds. The van der Waals surface area contributed by atoms with Gasteiger partial charge in [-0.25, -0.2) is 15.0 Å². The van der Waals surface area contributed by atoms with E-state index in [9.17, 15) is 4.79 Å². The van der Waals surface area contributed by atoms with Crippen LogP contribution in [0.1, 0.15) is 47.1 Å². The Bertz CT molecular complexity index is 922. The summed E-state index contributed by atoms with van der Waals surface area (Å²) in [6.45, 7) is 5.89. The first-order valence-electron chi connectivity index (χ1n) is 8.12. The SMILES string of the molecule is Cc1onc(-c2ccncn2)c1COc1ccc(C(N)=O)c(C(C)C)n1. The number of hydrogen-bond acceptors (Lipinski definition) is 7. The van der Waals surface area contributed by atoms with E-state index in [4.69, 9.17) is 15.0 Å². The van der Waals surface area contributed by atoms with Crippen molar-refractivity contribution in [2.24, 2.45) is 5.73 Å². The van der Waals surface area contributed by atoms with Gasteiger partial charge in [0.2, 0.25) is 5.88 Å². The number of hydrogen-bond donors (Lipinski definition) is 1. The lowest BCUT2D eigenvalue weighted by atomic mass is 10.0. The molecule has 0 saturated heterocycles. The molecule has 3 rings (SSSR count). The first-order chi connectivity index (χ1) is 12.5. The highest BCUT2D eigenvalue weighted by Crippen LogP contribution is 2.25. The van der Waals surface area contributed by atoms with Gasteiger partial charge in [0, 0.05) is 12.3 Å². The lowest BCUT2D eigenvalue weighted by Gasteiger charge is -2.12.